The van der Waals surface area contributed by atoms with Gasteiger partial charge in [0, 0.05) is 18.0 Å². The normalized spacial score (nSPS) is 16.7. The molecule has 152 valence electrons. The summed E-state index contributed by atoms with van der Waals surface area (Å²) in [6, 6.07) is 8.19. The molecule has 6 nitrogen and oxygen atoms in total. The van der Waals surface area contributed by atoms with Crippen molar-refractivity contribution in [2.75, 3.05) is 26.3 Å². The third-order valence-electron chi connectivity index (χ3n) is 4.36. The van der Waals surface area contributed by atoms with Gasteiger partial charge in [0.25, 0.3) is 10.0 Å². The Morgan fingerprint density at radius 2 is 1.93 bits per heavy atom. The number of sulfonamides is 1. The molecule has 28 heavy (non-hydrogen) atoms. The van der Waals surface area contributed by atoms with Crippen LogP contribution in [0.4, 0.5) is 0 Å². The maximum absolute atomic E-state index is 12.7. The first-order valence-corrected chi connectivity index (χ1v) is 11.7. The molecule has 1 aromatic carbocycles. The molecule has 1 atom stereocenters. The summed E-state index contributed by atoms with van der Waals surface area (Å²) in [5, 5.41) is 3.77. The predicted octanol–water partition coefficient (Wildman–Crippen LogP) is 3.50. The minimum Gasteiger partial charge on any atom is -0.379 e. The smallest absolute Gasteiger partial charge is 0.252 e. The lowest BCUT2D eigenvalue weighted by atomic mass is 10.1. The summed E-state index contributed by atoms with van der Waals surface area (Å²) < 4.78 is 32.2. The fraction of sp³-hybridized carbons (Fsp3) is 0.389. The molecule has 1 saturated heterocycles. The Kier molecular flexibility index (Phi) is 7.01. The largest absolute Gasteiger partial charge is 0.379 e. The lowest BCUT2D eigenvalue weighted by Gasteiger charge is -2.25. The van der Waals surface area contributed by atoms with Crippen molar-refractivity contribution >= 4 is 50.5 Å². The second kappa shape index (κ2) is 9.11. The molecular formula is C18H20Cl2N2O4S2. The molecule has 1 aliphatic heterocycles. The molecule has 0 spiro atoms. The van der Waals surface area contributed by atoms with Crippen molar-refractivity contribution in [1.82, 2.24) is 9.62 Å². The van der Waals surface area contributed by atoms with E-state index in [4.69, 9.17) is 27.9 Å². The second-order valence-electron chi connectivity index (χ2n) is 6.38. The molecule has 1 aromatic heterocycles. The van der Waals surface area contributed by atoms with Crippen molar-refractivity contribution in [3.8, 4) is 0 Å². The number of nitrogens with one attached hydrogen (secondary N) is 1. The van der Waals surface area contributed by atoms with Crippen LogP contribution in [0.3, 0.4) is 0 Å². The SMILES string of the molecule is C[C@@H](NC(=O)Cc1ccc(S(=O)(=O)N2CCOCC2)s1)c1ccc(Cl)c(Cl)c1. The molecule has 3 rings (SSSR count). The number of hydrogen-bond acceptors (Lipinski definition) is 5. The van der Waals surface area contributed by atoms with Crippen LogP contribution >= 0.6 is 34.5 Å². The lowest BCUT2D eigenvalue weighted by Crippen LogP contribution is -2.40. The van der Waals surface area contributed by atoms with Gasteiger partial charge in [-0.05, 0) is 36.8 Å². The third-order valence-corrected chi connectivity index (χ3v) is 8.55. The van der Waals surface area contributed by atoms with Crippen molar-refractivity contribution in [1.29, 1.82) is 0 Å². The summed E-state index contributed by atoms with van der Waals surface area (Å²) in [4.78, 5) is 13.1. The highest BCUT2D eigenvalue weighted by Crippen LogP contribution is 2.27. The maximum Gasteiger partial charge on any atom is 0.252 e. The number of carbonyl (C=O) groups excluding carboxylic acids is 1. The van der Waals surface area contributed by atoms with Gasteiger partial charge in [-0.2, -0.15) is 4.31 Å². The third kappa shape index (κ3) is 5.06. The van der Waals surface area contributed by atoms with Crippen molar-refractivity contribution < 1.29 is 17.9 Å². The summed E-state index contributed by atoms with van der Waals surface area (Å²) in [7, 11) is -3.54. The van der Waals surface area contributed by atoms with E-state index in [2.05, 4.69) is 5.32 Å². The Morgan fingerprint density at radius 3 is 2.61 bits per heavy atom. The van der Waals surface area contributed by atoms with Gasteiger partial charge in [0.05, 0.1) is 35.7 Å². The second-order valence-corrected chi connectivity index (χ2v) is 10.5. The average Bonchev–Trinajstić information content (AvgIpc) is 3.13. The minimum absolute atomic E-state index is 0.106. The summed E-state index contributed by atoms with van der Waals surface area (Å²) in [5.41, 5.74) is 0.838. The van der Waals surface area contributed by atoms with Gasteiger partial charge >= 0.3 is 0 Å². The average molecular weight is 463 g/mol. The van der Waals surface area contributed by atoms with Crippen molar-refractivity contribution in [3.63, 3.8) is 0 Å². The predicted molar refractivity (Wildman–Crippen MR) is 111 cm³/mol. The molecule has 0 unspecified atom stereocenters. The van der Waals surface area contributed by atoms with Crippen molar-refractivity contribution in [2.24, 2.45) is 0 Å². The maximum atomic E-state index is 12.7. The quantitative estimate of drug-likeness (QED) is 0.712. The molecule has 1 aliphatic rings. The van der Waals surface area contributed by atoms with E-state index >= 15 is 0 Å². The van der Waals surface area contributed by atoms with Crippen LogP contribution in [0.1, 0.15) is 23.4 Å². The number of nitrogens with zero attached hydrogens (tertiary/aromatic N) is 1. The molecule has 1 N–H and O–H groups in total. The molecule has 2 heterocycles. The number of rotatable bonds is 6. The van der Waals surface area contributed by atoms with Gasteiger partial charge in [-0.15, -0.1) is 11.3 Å². The van der Waals surface area contributed by atoms with Gasteiger partial charge in [-0.25, -0.2) is 8.42 Å². The van der Waals surface area contributed by atoms with Crippen LogP contribution in [0.5, 0.6) is 0 Å². The minimum atomic E-state index is -3.54. The first-order valence-electron chi connectivity index (χ1n) is 8.68. The Balaban J connectivity index is 1.62. The standard InChI is InChI=1S/C18H20Cl2N2O4S2/c1-12(13-2-4-15(19)16(20)10-13)21-17(23)11-14-3-5-18(27-14)28(24,25)22-6-8-26-9-7-22/h2-5,10,12H,6-9,11H2,1H3,(H,21,23)/t12-/m1/s1. The van der Waals surface area contributed by atoms with E-state index in [1.165, 1.54) is 4.31 Å². The number of carbonyl (C=O) groups is 1. The number of benzene rings is 1. The highest BCUT2D eigenvalue weighted by molar-refractivity contribution is 7.91. The number of morpholine rings is 1. The zero-order valence-electron chi connectivity index (χ0n) is 15.2. The van der Waals surface area contributed by atoms with Crippen molar-refractivity contribution in [2.45, 2.75) is 23.6 Å². The molecule has 0 bridgehead atoms. The summed E-state index contributed by atoms with van der Waals surface area (Å²) >= 11 is 13.1. The first-order chi connectivity index (χ1) is 13.3. The van der Waals surface area contributed by atoms with Crippen LogP contribution in [0.25, 0.3) is 0 Å². The highest BCUT2D eigenvalue weighted by atomic mass is 35.5. The zero-order valence-corrected chi connectivity index (χ0v) is 18.3. The number of halogens is 2. The molecule has 10 heteroatoms. The molecule has 1 amide bonds. The first kappa shape index (κ1) is 21.5. The Bertz CT molecular complexity index is 956. The van der Waals surface area contributed by atoms with Gasteiger partial charge in [-0.3, -0.25) is 4.79 Å². The molecule has 1 fully saturated rings. The van der Waals surface area contributed by atoms with Gasteiger partial charge in [0.1, 0.15) is 4.21 Å². The molecule has 0 aliphatic carbocycles. The van der Waals surface area contributed by atoms with Gasteiger partial charge in [0.15, 0.2) is 0 Å². The van der Waals surface area contributed by atoms with E-state index in [0.717, 1.165) is 16.9 Å². The highest BCUT2D eigenvalue weighted by Gasteiger charge is 2.28. The zero-order chi connectivity index (χ0) is 20.3. The van der Waals surface area contributed by atoms with E-state index in [1.54, 1.807) is 30.3 Å². The summed E-state index contributed by atoms with van der Waals surface area (Å²) in [6.07, 6.45) is 0.106. The van der Waals surface area contributed by atoms with E-state index in [-0.39, 0.29) is 22.6 Å². The molecule has 0 saturated carbocycles. The van der Waals surface area contributed by atoms with Crippen LogP contribution < -0.4 is 5.32 Å². The van der Waals surface area contributed by atoms with Crippen LogP contribution in [0.2, 0.25) is 10.0 Å². The van der Waals surface area contributed by atoms with Gasteiger partial charge in [-0.1, -0.05) is 29.3 Å². The van der Waals surface area contributed by atoms with Gasteiger partial charge < -0.3 is 10.1 Å². The van der Waals surface area contributed by atoms with E-state index in [1.807, 2.05) is 6.92 Å². The molecular weight excluding hydrogens is 443 g/mol. The summed E-state index contributed by atoms with van der Waals surface area (Å²) in [5.74, 6) is -0.198. The van der Waals surface area contributed by atoms with E-state index in [0.29, 0.717) is 41.2 Å². The van der Waals surface area contributed by atoms with Crippen LogP contribution in [-0.4, -0.2) is 44.9 Å². The van der Waals surface area contributed by atoms with Crippen LogP contribution in [0, 0.1) is 0 Å². The molecule has 0 radical (unpaired) electrons. The fourth-order valence-corrected chi connectivity index (χ4v) is 6.05. The lowest BCUT2D eigenvalue weighted by molar-refractivity contribution is -0.121. The van der Waals surface area contributed by atoms with E-state index in [9.17, 15) is 13.2 Å². The number of hydrogen-bond donors (Lipinski definition) is 1. The van der Waals surface area contributed by atoms with Gasteiger partial charge in [0.2, 0.25) is 5.91 Å². The molecule has 2 aromatic rings. The fourth-order valence-electron chi connectivity index (χ4n) is 2.82. The Labute approximate surface area is 178 Å². The number of ether oxygens (including phenoxy) is 1. The van der Waals surface area contributed by atoms with Crippen molar-refractivity contribution in [3.05, 3.63) is 50.8 Å². The summed E-state index contributed by atoms with van der Waals surface area (Å²) in [6.45, 7) is 3.33. The Hall–Kier alpha value is -1.16. The Morgan fingerprint density at radius 1 is 1.21 bits per heavy atom. The monoisotopic (exact) mass is 462 g/mol. The number of amides is 1. The van der Waals surface area contributed by atoms with E-state index < -0.39 is 10.0 Å². The topological polar surface area (TPSA) is 75.7 Å². The van der Waals surface area contributed by atoms with Crippen LogP contribution in [0.15, 0.2) is 34.5 Å². The number of thiophene rings is 1. The van der Waals surface area contributed by atoms with Crippen LogP contribution in [-0.2, 0) is 26.0 Å².